The molecule has 0 saturated carbocycles. The number of hydrogen-bond donors (Lipinski definition) is 2. The first-order valence-electron chi connectivity index (χ1n) is 6.80. The van der Waals surface area contributed by atoms with Gasteiger partial charge in [-0.05, 0) is 42.4 Å². The van der Waals surface area contributed by atoms with Crippen molar-refractivity contribution in [2.45, 2.75) is 39.5 Å². The summed E-state index contributed by atoms with van der Waals surface area (Å²) in [6.07, 6.45) is 6.41. The number of nitrogens with one attached hydrogen (secondary N) is 1. The molecule has 0 saturated heterocycles. The van der Waals surface area contributed by atoms with Gasteiger partial charge in [0.15, 0.2) is 0 Å². The smallest absolute Gasteiger partial charge is 0.220 e. The van der Waals surface area contributed by atoms with E-state index in [4.69, 9.17) is 5.11 Å². The fourth-order valence-corrected chi connectivity index (χ4v) is 1.88. The third-order valence-electron chi connectivity index (χ3n) is 3.17. The number of nitrogens with zero attached hydrogens (tertiary/aromatic N) is 1. The van der Waals surface area contributed by atoms with E-state index >= 15 is 0 Å². The van der Waals surface area contributed by atoms with Crippen LogP contribution >= 0.6 is 0 Å². The van der Waals surface area contributed by atoms with Gasteiger partial charge in [-0.25, -0.2) is 0 Å². The number of pyridine rings is 1. The van der Waals surface area contributed by atoms with E-state index in [2.05, 4.69) is 24.1 Å². The predicted molar refractivity (Wildman–Crippen MR) is 75.7 cm³/mol. The summed E-state index contributed by atoms with van der Waals surface area (Å²) in [5, 5.41) is 11.8. The Kier molecular flexibility index (Phi) is 6.50. The minimum absolute atomic E-state index is 0.0368. The fourth-order valence-electron chi connectivity index (χ4n) is 1.88. The SMILES string of the molecule is CC(C)(CCCO)CNC(=O)CCc1ccncc1. The van der Waals surface area contributed by atoms with Gasteiger partial charge >= 0.3 is 0 Å². The number of aryl methyl sites for hydroxylation is 1. The van der Waals surface area contributed by atoms with Crippen LogP contribution in [0, 0.1) is 5.41 Å². The topological polar surface area (TPSA) is 62.2 Å². The van der Waals surface area contributed by atoms with Gasteiger partial charge in [-0.15, -0.1) is 0 Å². The van der Waals surface area contributed by atoms with Gasteiger partial charge in [-0.3, -0.25) is 9.78 Å². The highest BCUT2D eigenvalue weighted by Crippen LogP contribution is 2.20. The van der Waals surface area contributed by atoms with Crippen molar-refractivity contribution in [2.24, 2.45) is 5.41 Å². The van der Waals surface area contributed by atoms with Crippen LogP contribution < -0.4 is 5.32 Å². The number of hydrogen-bond acceptors (Lipinski definition) is 3. The lowest BCUT2D eigenvalue weighted by molar-refractivity contribution is -0.121. The standard InChI is InChI=1S/C15H24N2O2/c1-15(2,8-3-11-18)12-17-14(19)5-4-13-6-9-16-10-7-13/h6-7,9-10,18H,3-5,8,11-12H2,1-2H3,(H,17,19). The molecular formula is C15H24N2O2. The molecule has 0 unspecified atom stereocenters. The number of aliphatic hydroxyl groups is 1. The van der Waals surface area contributed by atoms with Crippen LogP contribution in [0.1, 0.15) is 38.7 Å². The van der Waals surface area contributed by atoms with Crippen LogP contribution in [0.4, 0.5) is 0 Å². The minimum atomic E-state index is 0.0368. The van der Waals surface area contributed by atoms with E-state index in [0.29, 0.717) is 13.0 Å². The van der Waals surface area contributed by atoms with Gasteiger partial charge in [-0.1, -0.05) is 13.8 Å². The summed E-state index contributed by atoms with van der Waals surface area (Å²) >= 11 is 0. The van der Waals surface area contributed by atoms with Crippen molar-refractivity contribution in [1.29, 1.82) is 0 Å². The molecule has 0 radical (unpaired) electrons. The first kappa shape index (κ1) is 15.6. The zero-order chi connectivity index (χ0) is 14.1. The second-order valence-corrected chi connectivity index (χ2v) is 5.62. The number of aliphatic hydroxyl groups excluding tert-OH is 1. The molecule has 1 rings (SSSR count). The van der Waals surface area contributed by atoms with Crippen LogP contribution in [0.2, 0.25) is 0 Å². The van der Waals surface area contributed by atoms with E-state index < -0.39 is 0 Å². The molecule has 0 aliphatic rings. The second kappa shape index (κ2) is 7.89. The monoisotopic (exact) mass is 264 g/mol. The molecule has 0 aliphatic carbocycles. The summed E-state index contributed by atoms with van der Waals surface area (Å²) in [6.45, 7) is 5.07. The molecule has 0 spiro atoms. The molecule has 4 heteroatoms. The number of rotatable bonds is 8. The maximum Gasteiger partial charge on any atom is 0.220 e. The van der Waals surface area contributed by atoms with Gasteiger partial charge in [0.05, 0.1) is 0 Å². The quantitative estimate of drug-likeness (QED) is 0.754. The van der Waals surface area contributed by atoms with Crippen LogP contribution in [0.15, 0.2) is 24.5 Å². The Morgan fingerprint density at radius 1 is 1.37 bits per heavy atom. The normalized spacial score (nSPS) is 11.3. The predicted octanol–water partition coefficient (Wildman–Crippen LogP) is 1.93. The van der Waals surface area contributed by atoms with Crippen LogP contribution in [-0.4, -0.2) is 29.1 Å². The summed E-state index contributed by atoms with van der Waals surface area (Å²) in [5.74, 6) is 0.0777. The highest BCUT2D eigenvalue weighted by molar-refractivity contribution is 5.76. The molecular weight excluding hydrogens is 240 g/mol. The lowest BCUT2D eigenvalue weighted by Crippen LogP contribution is -2.34. The Bertz CT molecular complexity index is 377. The Hall–Kier alpha value is -1.42. The van der Waals surface area contributed by atoms with E-state index in [1.807, 2.05) is 12.1 Å². The average molecular weight is 264 g/mol. The van der Waals surface area contributed by atoms with E-state index in [1.54, 1.807) is 12.4 Å². The Morgan fingerprint density at radius 2 is 2.05 bits per heavy atom. The lowest BCUT2D eigenvalue weighted by atomic mass is 9.88. The van der Waals surface area contributed by atoms with Crippen molar-refractivity contribution in [1.82, 2.24) is 10.3 Å². The average Bonchev–Trinajstić information content (AvgIpc) is 2.42. The molecule has 106 valence electrons. The highest BCUT2D eigenvalue weighted by Gasteiger charge is 2.18. The summed E-state index contributed by atoms with van der Waals surface area (Å²) in [7, 11) is 0. The Balaban J connectivity index is 2.24. The molecule has 1 aromatic rings. The molecule has 0 aromatic carbocycles. The van der Waals surface area contributed by atoms with Crippen molar-refractivity contribution in [3.63, 3.8) is 0 Å². The zero-order valence-electron chi connectivity index (χ0n) is 11.9. The fraction of sp³-hybridized carbons (Fsp3) is 0.600. The number of amides is 1. The molecule has 0 aliphatic heterocycles. The van der Waals surface area contributed by atoms with Crippen LogP contribution in [0.25, 0.3) is 0 Å². The Morgan fingerprint density at radius 3 is 2.68 bits per heavy atom. The van der Waals surface area contributed by atoms with Gasteiger partial charge in [0.2, 0.25) is 5.91 Å². The van der Waals surface area contributed by atoms with Crippen molar-refractivity contribution in [2.75, 3.05) is 13.2 Å². The van der Waals surface area contributed by atoms with E-state index in [-0.39, 0.29) is 17.9 Å². The maximum atomic E-state index is 11.8. The third kappa shape index (κ3) is 6.91. The molecule has 0 bridgehead atoms. The van der Waals surface area contributed by atoms with Crippen molar-refractivity contribution in [3.05, 3.63) is 30.1 Å². The van der Waals surface area contributed by atoms with Crippen molar-refractivity contribution < 1.29 is 9.90 Å². The Labute approximate surface area is 115 Å². The van der Waals surface area contributed by atoms with Gasteiger partial charge in [-0.2, -0.15) is 0 Å². The molecule has 2 N–H and O–H groups in total. The summed E-state index contributed by atoms with van der Waals surface area (Å²) < 4.78 is 0. The summed E-state index contributed by atoms with van der Waals surface area (Å²) in [6, 6.07) is 3.86. The molecule has 1 heterocycles. The second-order valence-electron chi connectivity index (χ2n) is 5.62. The minimum Gasteiger partial charge on any atom is -0.396 e. The molecule has 1 amide bonds. The van der Waals surface area contributed by atoms with Crippen LogP contribution in [0.3, 0.4) is 0 Å². The molecule has 0 fully saturated rings. The molecule has 1 aromatic heterocycles. The largest absolute Gasteiger partial charge is 0.396 e. The highest BCUT2D eigenvalue weighted by atomic mass is 16.2. The van der Waals surface area contributed by atoms with Crippen molar-refractivity contribution in [3.8, 4) is 0 Å². The van der Waals surface area contributed by atoms with Crippen LogP contribution in [0.5, 0.6) is 0 Å². The number of carbonyl (C=O) groups excluding carboxylic acids is 1. The van der Waals surface area contributed by atoms with Crippen molar-refractivity contribution >= 4 is 5.91 Å². The van der Waals surface area contributed by atoms with Gasteiger partial charge in [0.25, 0.3) is 0 Å². The molecule has 0 atom stereocenters. The molecule has 4 nitrogen and oxygen atoms in total. The third-order valence-corrected chi connectivity index (χ3v) is 3.17. The summed E-state index contributed by atoms with van der Waals surface area (Å²) in [5.41, 5.74) is 1.17. The van der Waals surface area contributed by atoms with Gasteiger partial charge < -0.3 is 10.4 Å². The first-order chi connectivity index (χ1) is 9.03. The number of aromatic nitrogens is 1. The zero-order valence-corrected chi connectivity index (χ0v) is 11.9. The maximum absolute atomic E-state index is 11.8. The van der Waals surface area contributed by atoms with E-state index in [9.17, 15) is 4.79 Å². The van der Waals surface area contributed by atoms with Gasteiger partial charge in [0, 0.05) is 32.0 Å². The van der Waals surface area contributed by atoms with E-state index in [0.717, 1.165) is 24.8 Å². The van der Waals surface area contributed by atoms with Crippen LogP contribution in [-0.2, 0) is 11.2 Å². The summed E-state index contributed by atoms with van der Waals surface area (Å²) in [4.78, 5) is 15.7. The number of carbonyl (C=O) groups is 1. The van der Waals surface area contributed by atoms with Gasteiger partial charge in [0.1, 0.15) is 0 Å². The van der Waals surface area contributed by atoms with E-state index in [1.165, 1.54) is 0 Å². The first-order valence-corrected chi connectivity index (χ1v) is 6.80. The molecule has 19 heavy (non-hydrogen) atoms. The lowest BCUT2D eigenvalue weighted by Gasteiger charge is -2.24.